The lowest BCUT2D eigenvalue weighted by molar-refractivity contribution is -0.157. The van der Waals surface area contributed by atoms with E-state index in [2.05, 4.69) is 4.74 Å². The standard InChI is InChI=1S/C15H20N2O8/c1-10(18)23-8-17-13(20)5-6-16(15(17)21)14-4-3-12(25-14)7-22-9-24-11(2)19/h5-6,12,14H,3-4,7-9H2,1-2H3/t12-,14+/m0/s1. The first-order chi connectivity index (χ1) is 11.9. The number of ether oxygens (including phenoxy) is 4. The van der Waals surface area contributed by atoms with Gasteiger partial charge in [-0.2, -0.15) is 0 Å². The van der Waals surface area contributed by atoms with E-state index in [0.717, 1.165) is 4.57 Å². The molecule has 0 saturated carbocycles. The number of hydrogen-bond donors (Lipinski definition) is 0. The molecule has 1 saturated heterocycles. The summed E-state index contributed by atoms with van der Waals surface area (Å²) in [6, 6.07) is 1.21. The van der Waals surface area contributed by atoms with Crippen LogP contribution >= 0.6 is 0 Å². The molecule has 2 heterocycles. The smallest absolute Gasteiger partial charge is 0.335 e. The van der Waals surface area contributed by atoms with Crippen molar-refractivity contribution < 1.29 is 28.5 Å². The Morgan fingerprint density at radius 3 is 2.60 bits per heavy atom. The summed E-state index contributed by atoms with van der Waals surface area (Å²) < 4.78 is 22.4. The predicted octanol–water partition coefficient (Wildman–Crippen LogP) is -0.255. The summed E-state index contributed by atoms with van der Waals surface area (Å²) >= 11 is 0. The Kier molecular flexibility index (Phi) is 6.48. The normalized spacial score (nSPS) is 19.6. The van der Waals surface area contributed by atoms with Crippen LogP contribution in [0.4, 0.5) is 0 Å². The number of nitrogens with zero attached hydrogens (tertiary/aromatic N) is 2. The minimum atomic E-state index is -0.625. The average molecular weight is 356 g/mol. The van der Waals surface area contributed by atoms with Crippen LogP contribution in [0, 0.1) is 0 Å². The monoisotopic (exact) mass is 356 g/mol. The summed E-state index contributed by atoms with van der Waals surface area (Å²) in [4.78, 5) is 45.7. The Labute approximate surface area is 142 Å². The van der Waals surface area contributed by atoms with E-state index in [9.17, 15) is 19.2 Å². The number of carbonyl (C=O) groups excluding carboxylic acids is 2. The van der Waals surface area contributed by atoms with Crippen LogP contribution in [-0.4, -0.2) is 40.6 Å². The van der Waals surface area contributed by atoms with Crippen molar-refractivity contribution in [3.8, 4) is 0 Å². The molecule has 0 aliphatic carbocycles. The fourth-order valence-corrected chi connectivity index (χ4v) is 2.34. The Balaban J connectivity index is 1.99. The zero-order valence-electron chi connectivity index (χ0n) is 14.0. The van der Waals surface area contributed by atoms with Gasteiger partial charge in [-0.25, -0.2) is 9.36 Å². The number of carbonyl (C=O) groups is 2. The summed E-state index contributed by atoms with van der Waals surface area (Å²) in [6.07, 6.45) is 1.72. The van der Waals surface area contributed by atoms with E-state index >= 15 is 0 Å². The molecule has 0 bridgehead atoms. The maximum Gasteiger partial charge on any atom is 0.335 e. The van der Waals surface area contributed by atoms with Crippen LogP contribution in [0.2, 0.25) is 0 Å². The molecule has 0 unspecified atom stereocenters. The van der Waals surface area contributed by atoms with E-state index < -0.39 is 36.1 Å². The number of rotatable bonds is 7. The highest BCUT2D eigenvalue weighted by molar-refractivity contribution is 5.65. The summed E-state index contributed by atoms with van der Waals surface area (Å²) in [7, 11) is 0. The van der Waals surface area contributed by atoms with Gasteiger partial charge in [0.25, 0.3) is 5.56 Å². The fraction of sp³-hybridized carbons (Fsp3) is 0.600. The topological polar surface area (TPSA) is 115 Å². The summed E-state index contributed by atoms with van der Waals surface area (Å²) in [5.41, 5.74) is -1.19. The van der Waals surface area contributed by atoms with Crippen LogP contribution in [0.25, 0.3) is 0 Å². The minimum absolute atomic E-state index is 0.160. The molecule has 138 valence electrons. The molecule has 0 N–H and O–H groups in total. The summed E-state index contributed by atoms with van der Waals surface area (Å²) in [5.74, 6) is -1.03. The van der Waals surface area contributed by atoms with E-state index in [1.807, 2.05) is 0 Å². The van der Waals surface area contributed by atoms with Crippen LogP contribution in [-0.2, 0) is 35.3 Å². The molecule has 1 aromatic heterocycles. The molecule has 25 heavy (non-hydrogen) atoms. The van der Waals surface area contributed by atoms with E-state index in [1.165, 1.54) is 30.7 Å². The molecule has 10 heteroatoms. The van der Waals surface area contributed by atoms with Gasteiger partial charge in [0.1, 0.15) is 6.23 Å². The molecular weight excluding hydrogens is 336 g/mol. The van der Waals surface area contributed by atoms with E-state index in [4.69, 9.17) is 14.2 Å². The van der Waals surface area contributed by atoms with Crippen LogP contribution in [0.5, 0.6) is 0 Å². The van der Waals surface area contributed by atoms with Gasteiger partial charge in [0.05, 0.1) is 12.7 Å². The second-order valence-electron chi connectivity index (χ2n) is 5.45. The van der Waals surface area contributed by atoms with Gasteiger partial charge in [-0.1, -0.05) is 0 Å². The van der Waals surface area contributed by atoms with Gasteiger partial charge < -0.3 is 18.9 Å². The van der Waals surface area contributed by atoms with Gasteiger partial charge in [0.2, 0.25) is 0 Å². The van der Waals surface area contributed by atoms with Gasteiger partial charge in [0, 0.05) is 26.1 Å². The first-order valence-corrected chi connectivity index (χ1v) is 7.70. The molecule has 1 aliphatic heterocycles. The number of hydrogen-bond acceptors (Lipinski definition) is 8. The maximum absolute atomic E-state index is 12.4. The average Bonchev–Trinajstić information content (AvgIpc) is 2.99. The Bertz CT molecular complexity index is 738. The Hall–Kier alpha value is -2.46. The second kappa shape index (κ2) is 8.58. The van der Waals surface area contributed by atoms with E-state index in [-0.39, 0.29) is 19.5 Å². The van der Waals surface area contributed by atoms with Crippen molar-refractivity contribution >= 4 is 11.9 Å². The second-order valence-corrected chi connectivity index (χ2v) is 5.45. The van der Waals surface area contributed by atoms with Gasteiger partial charge in [-0.3, -0.25) is 19.0 Å². The van der Waals surface area contributed by atoms with Crippen molar-refractivity contribution in [1.82, 2.24) is 9.13 Å². The lowest BCUT2D eigenvalue weighted by Gasteiger charge is -2.17. The summed E-state index contributed by atoms with van der Waals surface area (Å²) in [5, 5.41) is 0. The third kappa shape index (κ3) is 5.26. The Morgan fingerprint density at radius 1 is 1.20 bits per heavy atom. The molecule has 10 nitrogen and oxygen atoms in total. The number of esters is 2. The molecule has 0 radical (unpaired) electrons. The maximum atomic E-state index is 12.4. The number of aromatic nitrogens is 2. The van der Waals surface area contributed by atoms with E-state index in [1.54, 1.807) is 0 Å². The van der Waals surface area contributed by atoms with E-state index in [0.29, 0.717) is 12.8 Å². The summed E-state index contributed by atoms with van der Waals surface area (Å²) in [6.45, 7) is 2.07. The molecule has 0 spiro atoms. The van der Waals surface area contributed by atoms with Crippen molar-refractivity contribution in [2.24, 2.45) is 0 Å². The minimum Gasteiger partial charge on any atom is -0.444 e. The van der Waals surface area contributed by atoms with Crippen molar-refractivity contribution in [1.29, 1.82) is 0 Å². The van der Waals surface area contributed by atoms with Gasteiger partial charge in [-0.15, -0.1) is 0 Å². The van der Waals surface area contributed by atoms with Gasteiger partial charge >= 0.3 is 17.6 Å². The lowest BCUT2D eigenvalue weighted by atomic mass is 10.2. The van der Waals surface area contributed by atoms with Crippen molar-refractivity contribution in [3.63, 3.8) is 0 Å². The van der Waals surface area contributed by atoms with Crippen LogP contribution in [0.1, 0.15) is 32.9 Å². The molecule has 2 atom stereocenters. The highest BCUT2D eigenvalue weighted by Crippen LogP contribution is 2.26. The van der Waals surface area contributed by atoms with Crippen LogP contribution in [0.15, 0.2) is 21.9 Å². The highest BCUT2D eigenvalue weighted by atomic mass is 16.7. The Morgan fingerprint density at radius 2 is 1.92 bits per heavy atom. The van der Waals surface area contributed by atoms with Gasteiger partial charge in [-0.05, 0) is 12.8 Å². The quantitative estimate of drug-likeness (QED) is 0.373. The molecule has 0 aromatic carbocycles. The van der Waals surface area contributed by atoms with Crippen molar-refractivity contribution in [2.75, 3.05) is 13.4 Å². The third-order valence-corrected chi connectivity index (χ3v) is 3.54. The van der Waals surface area contributed by atoms with Crippen LogP contribution in [0.3, 0.4) is 0 Å². The predicted molar refractivity (Wildman–Crippen MR) is 82.5 cm³/mol. The highest BCUT2D eigenvalue weighted by Gasteiger charge is 2.28. The fourth-order valence-electron chi connectivity index (χ4n) is 2.34. The zero-order valence-corrected chi connectivity index (χ0v) is 14.0. The zero-order chi connectivity index (χ0) is 18.4. The molecule has 0 amide bonds. The first-order valence-electron chi connectivity index (χ1n) is 7.70. The largest absolute Gasteiger partial charge is 0.444 e. The third-order valence-electron chi connectivity index (χ3n) is 3.54. The molecule has 1 aromatic rings. The molecule has 2 rings (SSSR count). The molecule has 1 aliphatic rings. The lowest BCUT2D eigenvalue weighted by Crippen LogP contribution is -2.41. The SMILES string of the molecule is CC(=O)OCOC[C@@H]1CC[C@H](n2ccc(=O)n(COC(C)=O)c2=O)O1. The van der Waals surface area contributed by atoms with Crippen molar-refractivity contribution in [2.45, 2.75) is 45.8 Å². The molecule has 1 fully saturated rings. The first kappa shape index (κ1) is 18.9. The van der Waals surface area contributed by atoms with Gasteiger partial charge in [0.15, 0.2) is 13.5 Å². The van der Waals surface area contributed by atoms with Crippen LogP contribution < -0.4 is 11.2 Å². The molecular formula is C15H20N2O8. The van der Waals surface area contributed by atoms with Crippen molar-refractivity contribution in [3.05, 3.63) is 33.1 Å².